The van der Waals surface area contributed by atoms with E-state index in [1.54, 1.807) is 13.2 Å². The highest BCUT2D eigenvalue weighted by Gasteiger charge is 2.04. The van der Waals surface area contributed by atoms with Crippen LogP contribution in [0, 0.1) is 0 Å². The topological polar surface area (TPSA) is 58.1 Å². The molecule has 0 bridgehead atoms. The van der Waals surface area contributed by atoms with Gasteiger partial charge in [0.25, 0.3) is 0 Å². The van der Waals surface area contributed by atoms with Crippen molar-refractivity contribution in [2.75, 3.05) is 53.6 Å². The lowest BCUT2D eigenvalue weighted by molar-refractivity contribution is 0.180. The molecule has 2 N–H and O–H groups in total. The predicted octanol–water partition coefficient (Wildman–Crippen LogP) is 2.89. The zero-order chi connectivity index (χ0) is 19.0. The van der Waals surface area contributed by atoms with Crippen LogP contribution >= 0.6 is 24.0 Å². The lowest BCUT2D eigenvalue weighted by atomic mass is 10.2. The molecule has 0 aromatic heterocycles. The van der Waals surface area contributed by atoms with Crippen LogP contribution in [0.2, 0.25) is 0 Å². The Morgan fingerprint density at radius 3 is 2.74 bits per heavy atom. The number of guanidine groups is 1. The third-order valence-corrected chi connectivity index (χ3v) is 3.76. The molecular formula is C20H35IN4O2. The first-order valence-electron chi connectivity index (χ1n) is 9.22. The van der Waals surface area contributed by atoms with Crippen molar-refractivity contribution in [3.05, 3.63) is 42.5 Å². The number of ether oxygens (including phenoxy) is 2. The zero-order valence-corrected chi connectivity index (χ0v) is 19.2. The normalized spacial score (nSPS) is 11.0. The highest BCUT2D eigenvalue weighted by Crippen LogP contribution is 2.18. The SMILES string of the molecule is C=CCOc1ccccc1CN=C(NCC)NCCN(C)CCCOC.I. The summed E-state index contributed by atoms with van der Waals surface area (Å²) in [5.74, 6) is 1.67. The van der Waals surface area contributed by atoms with Crippen molar-refractivity contribution >= 4 is 29.9 Å². The molecule has 0 aliphatic rings. The number of aliphatic imine (C=N–C) groups is 1. The zero-order valence-electron chi connectivity index (χ0n) is 16.9. The third kappa shape index (κ3) is 11.9. The molecule has 1 rings (SSSR count). The molecule has 0 unspecified atom stereocenters. The Kier molecular flexibility index (Phi) is 16.0. The van der Waals surface area contributed by atoms with Crippen LogP contribution in [0.15, 0.2) is 41.9 Å². The van der Waals surface area contributed by atoms with Crippen molar-refractivity contribution in [1.82, 2.24) is 15.5 Å². The fourth-order valence-electron chi connectivity index (χ4n) is 2.39. The molecule has 0 heterocycles. The van der Waals surface area contributed by atoms with E-state index in [0.717, 1.165) is 56.5 Å². The molecule has 0 saturated heterocycles. The monoisotopic (exact) mass is 490 g/mol. The van der Waals surface area contributed by atoms with Crippen molar-refractivity contribution in [1.29, 1.82) is 0 Å². The number of halogens is 1. The Bertz CT molecular complexity index is 540. The highest BCUT2D eigenvalue weighted by molar-refractivity contribution is 14.0. The number of para-hydroxylation sites is 1. The largest absolute Gasteiger partial charge is 0.489 e. The number of likely N-dealkylation sites (N-methyl/N-ethyl adjacent to an activating group) is 1. The number of benzene rings is 1. The van der Waals surface area contributed by atoms with E-state index in [0.29, 0.717) is 13.2 Å². The van der Waals surface area contributed by atoms with Crippen LogP contribution < -0.4 is 15.4 Å². The number of hydrogen-bond donors (Lipinski definition) is 2. The van der Waals surface area contributed by atoms with Gasteiger partial charge in [0.15, 0.2) is 5.96 Å². The van der Waals surface area contributed by atoms with E-state index in [1.165, 1.54) is 0 Å². The first-order chi connectivity index (χ1) is 12.7. The summed E-state index contributed by atoms with van der Waals surface area (Å²) in [6.45, 7) is 11.3. The lowest BCUT2D eigenvalue weighted by Gasteiger charge is -2.18. The van der Waals surface area contributed by atoms with Crippen molar-refractivity contribution in [2.24, 2.45) is 4.99 Å². The first kappa shape index (κ1) is 25.7. The van der Waals surface area contributed by atoms with E-state index in [-0.39, 0.29) is 24.0 Å². The summed E-state index contributed by atoms with van der Waals surface area (Å²) in [6.07, 6.45) is 2.79. The maximum atomic E-state index is 5.69. The second kappa shape index (κ2) is 16.8. The van der Waals surface area contributed by atoms with Gasteiger partial charge in [-0.05, 0) is 26.5 Å². The molecule has 0 amide bonds. The molecule has 0 aliphatic carbocycles. The van der Waals surface area contributed by atoms with Gasteiger partial charge in [-0.3, -0.25) is 0 Å². The average Bonchev–Trinajstić information content (AvgIpc) is 2.65. The summed E-state index contributed by atoms with van der Waals surface area (Å²) in [5.41, 5.74) is 1.06. The molecule has 154 valence electrons. The highest BCUT2D eigenvalue weighted by atomic mass is 127. The van der Waals surface area contributed by atoms with E-state index in [9.17, 15) is 0 Å². The standard InChI is InChI=1S/C20H34N4O2.HI/c1-5-15-26-19-11-8-7-10-18(19)17-23-20(21-6-2)22-12-14-24(3)13-9-16-25-4;/h5,7-8,10-11H,1,6,9,12-17H2,2-4H3,(H2,21,22,23);1H. The van der Waals surface area contributed by atoms with Gasteiger partial charge in [0.05, 0.1) is 6.54 Å². The average molecular weight is 490 g/mol. The van der Waals surface area contributed by atoms with E-state index < -0.39 is 0 Å². The summed E-state index contributed by atoms with van der Waals surface area (Å²) in [6, 6.07) is 7.97. The van der Waals surface area contributed by atoms with Gasteiger partial charge in [-0.2, -0.15) is 0 Å². The molecular weight excluding hydrogens is 455 g/mol. The van der Waals surface area contributed by atoms with Crippen molar-refractivity contribution in [2.45, 2.75) is 19.9 Å². The van der Waals surface area contributed by atoms with Crippen molar-refractivity contribution < 1.29 is 9.47 Å². The fourth-order valence-corrected chi connectivity index (χ4v) is 2.39. The van der Waals surface area contributed by atoms with Crippen LogP contribution in [0.3, 0.4) is 0 Å². The second-order valence-corrected chi connectivity index (χ2v) is 5.98. The maximum absolute atomic E-state index is 5.69. The van der Waals surface area contributed by atoms with E-state index in [4.69, 9.17) is 9.47 Å². The van der Waals surface area contributed by atoms with Gasteiger partial charge in [0.1, 0.15) is 12.4 Å². The molecule has 0 radical (unpaired) electrons. The Morgan fingerprint density at radius 2 is 2.04 bits per heavy atom. The van der Waals surface area contributed by atoms with Gasteiger partial charge in [0.2, 0.25) is 0 Å². The van der Waals surface area contributed by atoms with Crippen LogP contribution in [-0.2, 0) is 11.3 Å². The maximum Gasteiger partial charge on any atom is 0.191 e. The molecule has 0 saturated carbocycles. The minimum absolute atomic E-state index is 0. The summed E-state index contributed by atoms with van der Waals surface area (Å²) >= 11 is 0. The minimum atomic E-state index is 0. The van der Waals surface area contributed by atoms with E-state index >= 15 is 0 Å². The van der Waals surface area contributed by atoms with Crippen molar-refractivity contribution in [3.8, 4) is 5.75 Å². The minimum Gasteiger partial charge on any atom is -0.489 e. The van der Waals surface area contributed by atoms with Crippen LogP contribution in [0.25, 0.3) is 0 Å². The van der Waals surface area contributed by atoms with Gasteiger partial charge >= 0.3 is 0 Å². The van der Waals surface area contributed by atoms with Gasteiger partial charge in [-0.1, -0.05) is 30.9 Å². The Hall–Kier alpha value is -1.32. The van der Waals surface area contributed by atoms with Crippen LogP contribution in [-0.4, -0.2) is 64.4 Å². The smallest absolute Gasteiger partial charge is 0.191 e. The summed E-state index contributed by atoms with van der Waals surface area (Å²) < 4.78 is 10.8. The molecule has 1 aromatic rings. The van der Waals surface area contributed by atoms with E-state index in [1.807, 2.05) is 24.3 Å². The molecule has 0 aliphatic heterocycles. The van der Waals surface area contributed by atoms with E-state index in [2.05, 4.69) is 41.1 Å². The Balaban J connectivity index is 0.00000676. The lowest BCUT2D eigenvalue weighted by Crippen LogP contribution is -2.41. The molecule has 7 heteroatoms. The van der Waals surface area contributed by atoms with Gasteiger partial charge in [-0.15, -0.1) is 24.0 Å². The van der Waals surface area contributed by atoms with Crippen LogP contribution in [0.4, 0.5) is 0 Å². The number of methoxy groups -OCH3 is 1. The Morgan fingerprint density at radius 1 is 1.26 bits per heavy atom. The number of rotatable bonds is 13. The molecule has 1 aromatic carbocycles. The summed E-state index contributed by atoms with van der Waals surface area (Å²) in [4.78, 5) is 6.96. The number of nitrogens with zero attached hydrogens (tertiary/aromatic N) is 2. The Labute approximate surface area is 181 Å². The third-order valence-electron chi connectivity index (χ3n) is 3.76. The fraction of sp³-hybridized carbons (Fsp3) is 0.550. The summed E-state index contributed by atoms with van der Waals surface area (Å²) in [7, 11) is 3.86. The predicted molar refractivity (Wildman–Crippen MR) is 124 cm³/mol. The second-order valence-electron chi connectivity index (χ2n) is 5.98. The first-order valence-corrected chi connectivity index (χ1v) is 9.22. The molecule has 0 fully saturated rings. The van der Waals surface area contributed by atoms with Gasteiger partial charge < -0.3 is 25.0 Å². The van der Waals surface area contributed by atoms with Gasteiger partial charge in [-0.25, -0.2) is 4.99 Å². The van der Waals surface area contributed by atoms with Crippen LogP contribution in [0.1, 0.15) is 18.9 Å². The number of nitrogens with one attached hydrogen (secondary N) is 2. The summed E-state index contributed by atoms with van der Waals surface area (Å²) in [5, 5.41) is 6.67. The molecule has 0 atom stereocenters. The van der Waals surface area contributed by atoms with Gasteiger partial charge in [0, 0.05) is 45.5 Å². The molecule has 6 nitrogen and oxygen atoms in total. The molecule has 27 heavy (non-hydrogen) atoms. The molecule has 0 spiro atoms. The quantitative estimate of drug-likeness (QED) is 0.147. The van der Waals surface area contributed by atoms with Crippen LogP contribution in [0.5, 0.6) is 5.75 Å². The number of hydrogen-bond acceptors (Lipinski definition) is 4. The van der Waals surface area contributed by atoms with Crippen molar-refractivity contribution in [3.63, 3.8) is 0 Å².